The Morgan fingerprint density at radius 3 is 2.75 bits per heavy atom. The second kappa shape index (κ2) is 7.26. The predicted octanol–water partition coefficient (Wildman–Crippen LogP) is 2.51. The van der Waals surface area contributed by atoms with Crippen LogP contribution in [0.1, 0.15) is 57.8 Å². The zero-order chi connectivity index (χ0) is 14.4. The lowest BCUT2D eigenvalue weighted by molar-refractivity contribution is -0.145. The van der Waals surface area contributed by atoms with Crippen LogP contribution in [0.5, 0.6) is 0 Å². The molecule has 112 valence electrons. The van der Waals surface area contributed by atoms with E-state index in [1.54, 1.807) is 6.92 Å². The highest BCUT2D eigenvalue weighted by Crippen LogP contribution is 2.24. The summed E-state index contributed by atoms with van der Waals surface area (Å²) in [4.78, 5) is 18.5. The molecule has 0 aromatic carbocycles. The first kappa shape index (κ1) is 14.8. The van der Waals surface area contributed by atoms with E-state index in [4.69, 9.17) is 9.26 Å². The number of carbonyl (C=O) groups excluding carboxylic acids is 1. The largest absolute Gasteiger partial charge is 0.465 e. The summed E-state index contributed by atoms with van der Waals surface area (Å²) in [5.74, 6) is 0.269. The van der Waals surface area contributed by atoms with E-state index in [2.05, 4.69) is 15.0 Å². The average molecular weight is 281 g/mol. The Morgan fingerprint density at radius 1 is 1.35 bits per heavy atom. The Balaban J connectivity index is 2.09. The molecule has 0 N–H and O–H groups in total. The fourth-order valence-corrected chi connectivity index (χ4v) is 2.46. The van der Waals surface area contributed by atoms with Crippen LogP contribution in [-0.4, -0.2) is 35.8 Å². The Bertz CT molecular complexity index is 427. The molecule has 0 aliphatic carbocycles. The summed E-state index contributed by atoms with van der Waals surface area (Å²) in [7, 11) is 0. The second-order valence-electron chi connectivity index (χ2n) is 5.07. The van der Waals surface area contributed by atoms with E-state index in [1.807, 2.05) is 6.92 Å². The van der Waals surface area contributed by atoms with Crippen molar-refractivity contribution >= 4 is 11.9 Å². The molecule has 2 heterocycles. The monoisotopic (exact) mass is 281 g/mol. The summed E-state index contributed by atoms with van der Waals surface area (Å²) in [6.45, 7) is 6.10. The smallest absolute Gasteiger partial charge is 0.318 e. The van der Waals surface area contributed by atoms with Gasteiger partial charge in [0.15, 0.2) is 0 Å². The van der Waals surface area contributed by atoms with Gasteiger partial charge in [-0.3, -0.25) is 4.79 Å². The highest BCUT2D eigenvalue weighted by molar-refractivity contribution is 5.76. The van der Waals surface area contributed by atoms with Crippen molar-refractivity contribution in [2.45, 2.75) is 51.9 Å². The summed E-state index contributed by atoms with van der Waals surface area (Å²) < 4.78 is 10.4. The first-order chi connectivity index (χ1) is 9.76. The normalized spacial score (nSPS) is 17.0. The summed E-state index contributed by atoms with van der Waals surface area (Å²) in [5, 5.41) is 4.02. The summed E-state index contributed by atoms with van der Waals surface area (Å²) in [6, 6.07) is 0. The van der Waals surface area contributed by atoms with Crippen LogP contribution in [0.2, 0.25) is 0 Å². The van der Waals surface area contributed by atoms with Gasteiger partial charge < -0.3 is 14.2 Å². The van der Waals surface area contributed by atoms with Gasteiger partial charge in [0.2, 0.25) is 5.89 Å². The van der Waals surface area contributed by atoms with E-state index >= 15 is 0 Å². The number of hydrogen-bond donors (Lipinski definition) is 0. The molecule has 0 bridgehead atoms. The van der Waals surface area contributed by atoms with Gasteiger partial charge in [-0.2, -0.15) is 4.98 Å². The predicted molar refractivity (Wildman–Crippen MR) is 74.6 cm³/mol. The fraction of sp³-hybridized carbons (Fsp3) is 0.786. The molecule has 1 unspecified atom stereocenters. The Morgan fingerprint density at radius 2 is 2.10 bits per heavy atom. The summed E-state index contributed by atoms with van der Waals surface area (Å²) >= 11 is 0. The maximum Gasteiger partial charge on any atom is 0.318 e. The molecule has 1 aliphatic rings. The van der Waals surface area contributed by atoms with Crippen LogP contribution < -0.4 is 4.90 Å². The number of nitrogens with zero attached hydrogens (tertiary/aromatic N) is 3. The number of anilines is 1. The first-order valence-electron chi connectivity index (χ1n) is 7.51. The zero-order valence-electron chi connectivity index (χ0n) is 12.3. The molecule has 0 spiro atoms. The molecule has 1 fully saturated rings. The summed E-state index contributed by atoms with van der Waals surface area (Å²) in [6.07, 6.45) is 5.09. The maximum absolute atomic E-state index is 12.0. The minimum atomic E-state index is -0.439. The van der Waals surface area contributed by atoms with Crippen molar-refractivity contribution in [1.82, 2.24) is 10.1 Å². The number of aromatic nitrogens is 2. The van der Waals surface area contributed by atoms with Gasteiger partial charge in [0.1, 0.15) is 5.92 Å². The number of esters is 1. The molecule has 6 heteroatoms. The molecular weight excluding hydrogens is 258 g/mol. The van der Waals surface area contributed by atoms with Gasteiger partial charge in [-0.05, 0) is 37.8 Å². The molecule has 0 radical (unpaired) electrons. The van der Waals surface area contributed by atoms with Gasteiger partial charge in [-0.1, -0.05) is 13.3 Å². The van der Waals surface area contributed by atoms with E-state index in [0.717, 1.165) is 32.4 Å². The van der Waals surface area contributed by atoms with Gasteiger partial charge >= 0.3 is 5.97 Å². The molecule has 2 rings (SSSR count). The van der Waals surface area contributed by atoms with Crippen LogP contribution in [-0.2, 0) is 9.53 Å². The van der Waals surface area contributed by atoms with Crippen molar-refractivity contribution in [2.75, 3.05) is 24.6 Å². The molecule has 6 nitrogen and oxygen atoms in total. The molecular formula is C14H23N3O3. The quantitative estimate of drug-likeness (QED) is 0.746. The van der Waals surface area contributed by atoms with Crippen LogP contribution in [0, 0.1) is 0 Å². The van der Waals surface area contributed by atoms with Gasteiger partial charge in [0, 0.05) is 13.1 Å². The number of piperidine rings is 1. The number of rotatable bonds is 6. The molecule has 1 aliphatic heterocycles. The van der Waals surface area contributed by atoms with E-state index in [-0.39, 0.29) is 5.97 Å². The highest BCUT2D eigenvalue weighted by atomic mass is 16.5. The van der Waals surface area contributed by atoms with Crippen molar-refractivity contribution in [2.24, 2.45) is 0 Å². The third kappa shape index (κ3) is 3.49. The van der Waals surface area contributed by atoms with Crippen molar-refractivity contribution < 1.29 is 14.1 Å². The van der Waals surface area contributed by atoms with Gasteiger partial charge in [0.05, 0.1) is 6.61 Å². The molecule has 0 amide bonds. The van der Waals surface area contributed by atoms with E-state index < -0.39 is 5.92 Å². The van der Waals surface area contributed by atoms with E-state index in [9.17, 15) is 4.79 Å². The molecule has 0 saturated carbocycles. The minimum Gasteiger partial charge on any atom is -0.465 e. The van der Waals surface area contributed by atoms with Crippen molar-refractivity contribution in [3.05, 3.63) is 5.89 Å². The minimum absolute atomic E-state index is 0.275. The van der Waals surface area contributed by atoms with Crippen LogP contribution in [0.4, 0.5) is 5.95 Å². The van der Waals surface area contributed by atoms with Crippen LogP contribution in [0.15, 0.2) is 4.52 Å². The van der Waals surface area contributed by atoms with Crippen molar-refractivity contribution in [3.63, 3.8) is 0 Å². The molecule has 1 saturated heterocycles. The van der Waals surface area contributed by atoms with Crippen LogP contribution >= 0.6 is 0 Å². The number of carbonyl (C=O) groups is 1. The lowest BCUT2D eigenvalue weighted by atomic mass is 10.0. The number of hydrogen-bond acceptors (Lipinski definition) is 6. The average Bonchev–Trinajstić information content (AvgIpc) is 2.95. The Kier molecular flexibility index (Phi) is 5.38. The molecule has 20 heavy (non-hydrogen) atoms. The SMILES string of the molecule is CCCC(C(=O)OCC)c1nc(N2CCCCC2)no1. The third-order valence-corrected chi connectivity index (χ3v) is 3.52. The van der Waals surface area contributed by atoms with Crippen molar-refractivity contribution in [1.29, 1.82) is 0 Å². The van der Waals surface area contributed by atoms with E-state index in [0.29, 0.717) is 24.9 Å². The maximum atomic E-state index is 12.0. The van der Waals surface area contributed by atoms with E-state index in [1.165, 1.54) is 6.42 Å². The van der Waals surface area contributed by atoms with Crippen LogP contribution in [0.25, 0.3) is 0 Å². The Labute approximate surface area is 119 Å². The van der Waals surface area contributed by atoms with Crippen LogP contribution in [0.3, 0.4) is 0 Å². The van der Waals surface area contributed by atoms with Gasteiger partial charge in [-0.25, -0.2) is 0 Å². The van der Waals surface area contributed by atoms with Gasteiger partial charge in [0.25, 0.3) is 5.95 Å². The molecule has 1 atom stereocenters. The Hall–Kier alpha value is -1.59. The number of ether oxygens (including phenoxy) is 1. The lowest BCUT2D eigenvalue weighted by Gasteiger charge is -2.24. The topological polar surface area (TPSA) is 68.5 Å². The third-order valence-electron chi connectivity index (χ3n) is 3.52. The fourth-order valence-electron chi connectivity index (χ4n) is 2.46. The second-order valence-corrected chi connectivity index (χ2v) is 5.07. The van der Waals surface area contributed by atoms with Crippen molar-refractivity contribution in [3.8, 4) is 0 Å². The molecule has 1 aromatic rings. The summed E-state index contributed by atoms with van der Waals surface area (Å²) in [5.41, 5.74) is 0. The van der Waals surface area contributed by atoms with Gasteiger partial charge in [-0.15, -0.1) is 0 Å². The lowest BCUT2D eigenvalue weighted by Crippen LogP contribution is -2.30. The highest BCUT2D eigenvalue weighted by Gasteiger charge is 2.28. The first-order valence-corrected chi connectivity index (χ1v) is 7.51. The standard InChI is InChI=1S/C14H23N3O3/c1-3-8-11(13(18)19-4-2)12-15-14(16-20-12)17-9-6-5-7-10-17/h11H,3-10H2,1-2H3. The zero-order valence-corrected chi connectivity index (χ0v) is 12.3. The molecule has 1 aromatic heterocycles.